The fourth-order valence-corrected chi connectivity index (χ4v) is 5.92. The smallest absolute Gasteiger partial charge is 0.255 e. The van der Waals surface area contributed by atoms with Crippen molar-refractivity contribution in [3.8, 4) is 0 Å². The van der Waals surface area contributed by atoms with Gasteiger partial charge < -0.3 is 10.6 Å². The van der Waals surface area contributed by atoms with Crippen molar-refractivity contribution in [1.29, 1.82) is 0 Å². The van der Waals surface area contributed by atoms with E-state index in [2.05, 4.69) is 15.6 Å². The highest BCUT2D eigenvalue weighted by atomic mass is 19.2. The van der Waals surface area contributed by atoms with E-state index in [9.17, 15) is 13.6 Å². The molecular formula is C22H23F2N3O. The van der Waals surface area contributed by atoms with Gasteiger partial charge in [0, 0.05) is 11.1 Å². The number of hydrogen-bond acceptors (Lipinski definition) is 3. The third kappa shape index (κ3) is 3.25. The average Bonchev–Trinajstić information content (AvgIpc) is 2.64. The second-order valence-corrected chi connectivity index (χ2v) is 8.84. The maximum absolute atomic E-state index is 13.3. The summed E-state index contributed by atoms with van der Waals surface area (Å²) in [6.45, 7) is 0. The minimum atomic E-state index is -1.04. The Morgan fingerprint density at radius 3 is 2.21 bits per heavy atom. The van der Waals surface area contributed by atoms with Crippen LogP contribution in [0.5, 0.6) is 0 Å². The number of benzene rings is 1. The Balaban J connectivity index is 1.26. The van der Waals surface area contributed by atoms with Crippen LogP contribution in [0.25, 0.3) is 0 Å². The summed E-state index contributed by atoms with van der Waals surface area (Å²) in [6.07, 6.45) is 9.47. The van der Waals surface area contributed by atoms with Gasteiger partial charge >= 0.3 is 0 Å². The molecule has 0 saturated heterocycles. The summed E-state index contributed by atoms with van der Waals surface area (Å²) in [4.78, 5) is 16.7. The van der Waals surface area contributed by atoms with Gasteiger partial charge in [-0.15, -0.1) is 0 Å². The van der Waals surface area contributed by atoms with E-state index in [1.807, 2.05) is 6.07 Å². The Kier molecular flexibility index (Phi) is 4.11. The zero-order chi connectivity index (χ0) is 19.3. The second kappa shape index (κ2) is 6.54. The van der Waals surface area contributed by atoms with E-state index in [1.54, 1.807) is 12.3 Å². The molecule has 4 saturated carbocycles. The van der Waals surface area contributed by atoms with Crippen LogP contribution in [-0.2, 0) is 0 Å². The minimum absolute atomic E-state index is 0.0645. The number of pyridine rings is 1. The number of aromatic nitrogens is 1. The van der Waals surface area contributed by atoms with E-state index in [1.165, 1.54) is 44.6 Å². The molecule has 0 radical (unpaired) electrons. The van der Waals surface area contributed by atoms with Crippen LogP contribution < -0.4 is 10.6 Å². The van der Waals surface area contributed by atoms with E-state index >= 15 is 0 Å². The first kappa shape index (κ1) is 17.6. The van der Waals surface area contributed by atoms with Gasteiger partial charge in [0.1, 0.15) is 5.82 Å². The third-order valence-corrected chi connectivity index (χ3v) is 6.63. The molecule has 2 N–H and O–H groups in total. The lowest BCUT2D eigenvalue weighted by atomic mass is 9.53. The van der Waals surface area contributed by atoms with Crippen LogP contribution in [0.1, 0.15) is 48.9 Å². The van der Waals surface area contributed by atoms with Gasteiger partial charge in [-0.25, -0.2) is 13.8 Å². The first-order valence-corrected chi connectivity index (χ1v) is 9.99. The summed E-state index contributed by atoms with van der Waals surface area (Å²) in [7, 11) is 0. The lowest BCUT2D eigenvalue weighted by Gasteiger charge is -2.57. The van der Waals surface area contributed by atoms with Gasteiger partial charge in [0.05, 0.1) is 11.9 Å². The molecule has 0 atom stereocenters. The Morgan fingerprint density at radius 1 is 0.964 bits per heavy atom. The normalized spacial score (nSPS) is 30.3. The third-order valence-electron chi connectivity index (χ3n) is 6.63. The van der Waals surface area contributed by atoms with Crippen molar-refractivity contribution in [3.05, 3.63) is 53.7 Å². The van der Waals surface area contributed by atoms with Crippen LogP contribution in [-0.4, -0.2) is 16.4 Å². The van der Waals surface area contributed by atoms with Crippen LogP contribution in [0.3, 0.4) is 0 Å². The topological polar surface area (TPSA) is 54.0 Å². The summed E-state index contributed by atoms with van der Waals surface area (Å²) in [6, 6.07) is 6.75. The Bertz CT molecular complexity index is 877. The van der Waals surface area contributed by atoms with E-state index in [0.717, 1.165) is 35.7 Å². The molecule has 6 rings (SSSR count). The highest BCUT2D eigenvalue weighted by molar-refractivity contribution is 6.04. The number of amides is 1. The van der Waals surface area contributed by atoms with E-state index in [0.29, 0.717) is 5.69 Å². The highest BCUT2D eigenvalue weighted by Crippen LogP contribution is 2.56. The number of anilines is 2. The molecule has 6 heteroatoms. The van der Waals surface area contributed by atoms with Crippen LogP contribution in [0.2, 0.25) is 0 Å². The van der Waals surface area contributed by atoms with Crippen molar-refractivity contribution >= 4 is 17.4 Å². The van der Waals surface area contributed by atoms with Gasteiger partial charge in [0.2, 0.25) is 0 Å². The molecule has 4 aliphatic rings. The van der Waals surface area contributed by atoms with Crippen molar-refractivity contribution in [2.75, 3.05) is 10.6 Å². The first-order valence-electron chi connectivity index (χ1n) is 9.99. The molecule has 0 unspecified atom stereocenters. The second-order valence-electron chi connectivity index (χ2n) is 8.84. The fraction of sp³-hybridized carbons (Fsp3) is 0.455. The number of halogens is 2. The van der Waals surface area contributed by atoms with Gasteiger partial charge in [-0.1, -0.05) is 0 Å². The van der Waals surface area contributed by atoms with Crippen molar-refractivity contribution in [2.45, 2.75) is 44.1 Å². The maximum atomic E-state index is 13.3. The molecule has 1 aromatic carbocycles. The molecule has 28 heavy (non-hydrogen) atoms. The van der Waals surface area contributed by atoms with E-state index in [-0.39, 0.29) is 11.1 Å². The Labute approximate surface area is 162 Å². The SMILES string of the molecule is O=C(Nc1ccc(NC23CC4CC(CC(C4)C2)C3)nc1)c1ccc(F)c(F)c1. The van der Waals surface area contributed by atoms with Crippen LogP contribution >= 0.6 is 0 Å². The Morgan fingerprint density at radius 2 is 1.64 bits per heavy atom. The van der Waals surface area contributed by atoms with Crippen LogP contribution in [0.15, 0.2) is 36.5 Å². The predicted octanol–water partition coefficient (Wildman–Crippen LogP) is 4.99. The van der Waals surface area contributed by atoms with Gasteiger partial charge in [-0.05, 0) is 86.6 Å². The summed E-state index contributed by atoms with van der Waals surface area (Å²) in [5.41, 5.74) is 0.762. The molecule has 2 aromatic rings. The molecule has 1 aromatic heterocycles. The zero-order valence-electron chi connectivity index (χ0n) is 15.6. The van der Waals surface area contributed by atoms with Gasteiger partial charge in [0.15, 0.2) is 11.6 Å². The van der Waals surface area contributed by atoms with Crippen molar-refractivity contribution < 1.29 is 13.6 Å². The van der Waals surface area contributed by atoms with Crippen molar-refractivity contribution in [1.82, 2.24) is 4.98 Å². The number of hydrogen-bond donors (Lipinski definition) is 2. The summed E-state index contributed by atoms with van der Waals surface area (Å²) in [5.74, 6) is 0.879. The molecule has 4 aliphatic carbocycles. The molecule has 4 bridgehead atoms. The monoisotopic (exact) mass is 383 g/mol. The lowest BCUT2D eigenvalue weighted by molar-refractivity contribution is 0.0105. The van der Waals surface area contributed by atoms with Crippen molar-refractivity contribution in [2.24, 2.45) is 17.8 Å². The number of carbonyl (C=O) groups is 1. The van der Waals surface area contributed by atoms with E-state index < -0.39 is 17.5 Å². The zero-order valence-corrected chi connectivity index (χ0v) is 15.6. The minimum Gasteiger partial charge on any atom is -0.365 e. The molecule has 1 amide bonds. The van der Waals surface area contributed by atoms with Gasteiger partial charge in [0.25, 0.3) is 5.91 Å². The van der Waals surface area contributed by atoms with Crippen LogP contribution in [0.4, 0.5) is 20.3 Å². The summed E-state index contributed by atoms with van der Waals surface area (Å²) in [5, 5.41) is 6.37. The molecule has 0 spiro atoms. The predicted molar refractivity (Wildman–Crippen MR) is 103 cm³/mol. The molecular weight excluding hydrogens is 360 g/mol. The molecule has 0 aliphatic heterocycles. The van der Waals surface area contributed by atoms with Gasteiger partial charge in [-0.3, -0.25) is 4.79 Å². The standard InChI is InChI=1S/C22H23F2N3O/c23-18-3-1-16(8-19(18)24)21(28)26-17-2-4-20(25-12-17)27-22-9-13-5-14(10-22)7-15(6-13)11-22/h1-4,8,12-15H,5-7,9-11H2,(H,25,27)(H,26,28). The molecule has 146 valence electrons. The fourth-order valence-electron chi connectivity index (χ4n) is 5.92. The summed E-state index contributed by atoms with van der Waals surface area (Å²) >= 11 is 0. The van der Waals surface area contributed by atoms with Crippen molar-refractivity contribution in [3.63, 3.8) is 0 Å². The largest absolute Gasteiger partial charge is 0.365 e. The first-order chi connectivity index (χ1) is 13.5. The molecule has 4 fully saturated rings. The Hall–Kier alpha value is -2.50. The number of carbonyl (C=O) groups excluding carboxylic acids is 1. The molecule has 4 nitrogen and oxygen atoms in total. The number of nitrogens with zero attached hydrogens (tertiary/aromatic N) is 1. The number of nitrogens with one attached hydrogen (secondary N) is 2. The van der Waals surface area contributed by atoms with E-state index in [4.69, 9.17) is 0 Å². The molecule has 1 heterocycles. The summed E-state index contributed by atoms with van der Waals surface area (Å²) < 4.78 is 26.3. The highest BCUT2D eigenvalue weighted by Gasteiger charge is 2.51. The quantitative estimate of drug-likeness (QED) is 0.782. The van der Waals surface area contributed by atoms with Crippen LogP contribution in [0, 0.1) is 29.4 Å². The average molecular weight is 383 g/mol. The lowest BCUT2D eigenvalue weighted by Crippen LogP contribution is -2.54. The maximum Gasteiger partial charge on any atom is 0.255 e. The number of rotatable bonds is 4. The van der Waals surface area contributed by atoms with Gasteiger partial charge in [-0.2, -0.15) is 0 Å².